The van der Waals surface area contributed by atoms with E-state index in [-0.39, 0.29) is 0 Å². The highest BCUT2D eigenvalue weighted by molar-refractivity contribution is 5.08. The van der Waals surface area contributed by atoms with Crippen LogP contribution in [0.2, 0.25) is 0 Å². The Morgan fingerprint density at radius 1 is 1.42 bits per heavy atom. The van der Waals surface area contributed by atoms with Crippen molar-refractivity contribution in [3.63, 3.8) is 0 Å². The topological polar surface area (TPSA) is 29.3 Å². The van der Waals surface area contributed by atoms with Crippen molar-refractivity contribution in [1.82, 2.24) is 4.90 Å². The van der Waals surface area contributed by atoms with Crippen LogP contribution in [0, 0.1) is 5.92 Å². The minimum absolute atomic E-state index is 0.435. The van der Waals surface area contributed by atoms with Crippen LogP contribution in [0.3, 0.4) is 0 Å². The van der Waals surface area contributed by atoms with Gasteiger partial charge >= 0.3 is 0 Å². The Kier molecular flexibility index (Phi) is 1.92. The Hall–Kier alpha value is -0.0800. The van der Waals surface area contributed by atoms with Gasteiger partial charge in [0.15, 0.2) is 0 Å². The summed E-state index contributed by atoms with van der Waals surface area (Å²) in [5.41, 5.74) is 6.25. The standard InChI is InChI=1S/C10H20N2/c1-8-5-9(2)12(6-8)10(7-11)3-4-10/h8-9H,3-7,11H2,1-2H3. The van der Waals surface area contributed by atoms with Crippen molar-refractivity contribution in [2.45, 2.75) is 44.7 Å². The SMILES string of the molecule is CC1CC(C)N(C2(CN)CC2)C1. The molecule has 0 aromatic heterocycles. The van der Waals surface area contributed by atoms with Gasteiger partial charge in [-0.15, -0.1) is 0 Å². The van der Waals surface area contributed by atoms with Crippen molar-refractivity contribution in [2.24, 2.45) is 11.7 Å². The zero-order valence-electron chi connectivity index (χ0n) is 8.21. The third-order valence-corrected chi connectivity index (χ3v) is 3.60. The zero-order chi connectivity index (χ0) is 8.77. The molecule has 1 heterocycles. The maximum Gasteiger partial charge on any atom is 0.0336 e. The largest absolute Gasteiger partial charge is 0.329 e. The van der Waals surface area contributed by atoms with Crippen LogP contribution in [0.4, 0.5) is 0 Å². The fourth-order valence-corrected chi connectivity index (χ4v) is 2.71. The highest BCUT2D eigenvalue weighted by Crippen LogP contribution is 2.45. The molecule has 2 heteroatoms. The maximum absolute atomic E-state index is 5.81. The van der Waals surface area contributed by atoms with Crippen molar-refractivity contribution in [2.75, 3.05) is 13.1 Å². The van der Waals surface area contributed by atoms with Gasteiger partial charge in [0.05, 0.1) is 0 Å². The van der Waals surface area contributed by atoms with Gasteiger partial charge in [-0.05, 0) is 32.1 Å². The summed E-state index contributed by atoms with van der Waals surface area (Å²) in [5.74, 6) is 0.879. The molecule has 2 unspecified atom stereocenters. The van der Waals surface area contributed by atoms with Crippen LogP contribution >= 0.6 is 0 Å². The number of nitrogens with zero attached hydrogens (tertiary/aromatic N) is 1. The lowest BCUT2D eigenvalue weighted by Crippen LogP contribution is -2.44. The average molecular weight is 168 g/mol. The summed E-state index contributed by atoms with van der Waals surface area (Å²) in [6.45, 7) is 6.84. The molecule has 1 saturated heterocycles. The van der Waals surface area contributed by atoms with Crippen LogP contribution in [-0.2, 0) is 0 Å². The van der Waals surface area contributed by atoms with Crippen molar-refractivity contribution in [1.29, 1.82) is 0 Å². The molecule has 2 N–H and O–H groups in total. The monoisotopic (exact) mass is 168 g/mol. The molecule has 2 nitrogen and oxygen atoms in total. The molecule has 0 aromatic carbocycles. The number of hydrogen-bond acceptors (Lipinski definition) is 2. The second-order valence-corrected chi connectivity index (χ2v) is 4.77. The molecule has 0 spiro atoms. The molecular formula is C10H20N2. The van der Waals surface area contributed by atoms with Gasteiger partial charge in [-0.25, -0.2) is 0 Å². The Balaban J connectivity index is 2.04. The first-order chi connectivity index (χ1) is 5.68. The van der Waals surface area contributed by atoms with E-state index >= 15 is 0 Å². The highest BCUT2D eigenvalue weighted by Gasteiger charge is 2.50. The van der Waals surface area contributed by atoms with E-state index in [1.165, 1.54) is 25.8 Å². The van der Waals surface area contributed by atoms with E-state index in [0.717, 1.165) is 18.5 Å². The molecule has 2 aliphatic rings. The second-order valence-electron chi connectivity index (χ2n) is 4.77. The Bertz CT molecular complexity index is 175. The zero-order valence-corrected chi connectivity index (χ0v) is 8.21. The van der Waals surface area contributed by atoms with Crippen molar-refractivity contribution in [3.05, 3.63) is 0 Å². The van der Waals surface area contributed by atoms with E-state index < -0.39 is 0 Å². The van der Waals surface area contributed by atoms with E-state index in [4.69, 9.17) is 5.73 Å². The van der Waals surface area contributed by atoms with Gasteiger partial charge in [0.25, 0.3) is 0 Å². The van der Waals surface area contributed by atoms with Crippen molar-refractivity contribution >= 4 is 0 Å². The van der Waals surface area contributed by atoms with Crippen LogP contribution in [-0.4, -0.2) is 29.6 Å². The van der Waals surface area contributed by atoms with Gasteiger partial charge < -0.3 is 5.73 Å². The molecule has 0 radical (unpaired) electrons. The molecule has 2 rings (SSSR count). The van der Waals surface area contributed by atoms with Crippen LogP contribution in [0.15, 0.2) is 0 Å². The van der Waals surface area contributed by atoms with E-state index in [2.05, 4.69) is 18.7 Å². The van der Waals surface area contributed by atoms with Gasteiger partial charge in [0, 0.05) is 24.7 Å². The van der Waals surface area contributed by atoms with Gasteiger partial charge in [-0.1, -0.05) is 6.92 Å². The number of likely N-dealkylation sites (tertiary alicyclic amines) is 1. The first-order valence-corrected chi connectivity index (χ1v) is 5.15. The normalized spacial score (nSPS) is 40.2. The Labute approximate surface area is 75.1 Å². The molecule has 0 bridgehead atoms. The lowest BCUT2D eigenvalue weighted by atomic mass is 10.1. The van der Waals surface area contributed by atoms with Crippen LogP contribution in [0.1, 0.15) is 33.1 Å². The molecule has 1 aliphatic carbocycles. The number of nitrogens with two attached hydrogens (primary N) is 1. The van der Waals surface area contributed by atoms with Gasteiger partial charge in [0.1, 0.15) is 0 Å². The number of rotatable bonds is 2. The summed E-state index contributed by atoms with van der Waals surface area (Å²) in [4.78, 5) is 2.65. The molecule has 0 amide bonds. The summed E-state index contributed by atoms with van der Waals surface area (Å²) in [7, 11) is 0. The van der Waals surface area contributed by atoms with Gasteiger partial charge in [-0.2, -0.15) is 0 Å². The predicted octanol–water partition coefficient (Wildman–Crippen LogP) is 1.21. The van der Waals surface area contributed by atoms with Gasteiger partial charge in [0.2, 0.25) is 0 Å². The summed E-state index contributed by atoms with van der Waals surface area (Å²) < 4.78 is 0. The molecule has 70 valence electrons. The van der Waals surface area contributed by atoms with E-state index in [0.29, 0.717) is 5.54 Å². The highest BCUT2D eigenvalue weighted by atomic mass is 15.3. The number of hydrogen-bond donors (Lipinski definition) is 1. The summed E-state index contributed by atoms with van der Waals surface area (Å²) in [6, 6.07) is 0.769. The minimum atomic E-state index is 0.435. The molecule has 12 heavy (non-hydrogen) atoms. The Morgan fingerprint density at radius 3 is 2.42 bits per heavy atom. The first kappa shape index (κ1) is 8.52. The maximum atomic E-state index is 5.81. The lowest BCUT2D eigenvalue weighted by Gasteiger charge is -2.30. The summed E-state index contributed by atoms with van der Waals surface area (Å²) in [6.07, 6.45) is 4.03. The first-order valence-electron chi connectivity index (χ1n) is 5.15. The molecule has 2 fully saturated rings. The van der Waals surface area contributed by atoms with Crippen LogP contribution < -0.4 is 5.73 Å². The summed E-state index contributed by atoms with van der Waals surface area (Å²) in [5, 5.41) is 0. The van der Waals surface area contributed by atoms with Crippen molar-refractivity contribution in [3.8, 4) is 0 Å². The van der Waals surface area contributed by atoms with Crippen molar-refractivity contribution < 1.29 is 0 Å². The van der Waals surface area contributed by atoms with E-state index in [1.54, 1.807) is 0 Å². The second kappa shape index (κ2) is 2.71. The average Bonchev–Trinajstić information content (AvgIpc) is 2.74. The van der Waals surface area contributed by atoms with Gasteiger partial charge in [-0.3, -0.25) is 4.90 Å². The molecule has 0 aromatic rings. The minimum Gasteiger partial charge on any atom is -0.329 e. The third kappa shape index (κ3) is 1.17. The summed E-state index contributed by atoms with van der Waals surface area (Å²) >= 11 is 0. The fourth-order valence-electron chi connectivity index (χ4n) is 2.71. The van der Waals surface area contributed by atoms with E-state index in [9.17, 15) is 0 Å². The lowest BCUT2D eigenvalue weighted by molar-refractivity contribution is 0.172. The molecular weight excluding hydrogens is 148 g/mol. The molecule has 1 aliphatic heterocycles. The molecule has 1 saturated carbocycles. The fraction of sp³-hybridized carbons (Fsp3) is 1.00. The Morgan fingerprint density at radius 2 is 2.08 bits per heavy atom. The smallest absolute Gasteiger partial charge is 0.0336 e. The third-order valence-electron chi connectivity index (χ3n) is 3.60. The van der Waals surface area contributed by atoms with E-state index in [1.807, 2.05) is 0 Å². The quantitative estimate of drug-likeness (QED) is 0.671. The van der Waals surface area contributed by atoms with Crippen LogP contribution in [0.5, 0.6) is 0 Å². The molecule has 2 atom stereocenters. The van der Waals surface area contributed by atoms with Crippen LogP contribution in [0.25, 0.3) is 0 Å². The predicted molar refractivity (Wildman–Crippen MR) is 51.0 cm³/mol.